The quantitative estimate of drug-likeness (QED) is 0.569. The molecule has 2 aliphatic rings. The third-order valence-electron chi connectivity index (χ3n) is 6.68. The molecule has 0 N–H and O–H groups in total. The number of aryl methyl sites for hydroxylation is 3. The van der Waals surface area contributed by atoms with E-state index in [9.17, 15) is 4.79 Å². The van der Waals surface area contributed by atoms with Crippen LogP contribution < -0.4 is 9.75 Å². The maximum absolute atomic E-state index is 13.5. The van der Waals surface area contributed by atoms with Crippen molar-refractivity contribution < 1.29 is 9.53 Å². The average molecular weight is 405 g/mol. The van der Waals surface area contributed by atoms with E-state index in [1.165, 1.54) is 16.7 Å². The molecule has 1 fully saturated rings. The van der Waals surface area contributed by atoms with Gasteiger partial charge in [0.15, 0.2) is 0 Å². The lowest BCUT2D eigenvalue weighted by Crippen LogP contribution is -2.37. The van der Waals surface area contributed by atoms with E-state index >= 15 is 0 Å². The molecule has 4 nitrogen and oxygen atoms in total. The fraction of sp³-hybridized carbons (Fsp3) is 0.462. The van der Waals surface area contributed by atoms with E-state index in [1.54, 1.807) is 5.01 Å². The van der Waals surface area contributed by atoms with Gasteiger partial charge in [-0.15, -0.1) is 0 Å². The Hall–Kier alpha value is -2.62. The first-order chi connectivity index (χ1) is 14.5. The average Bonchev–Trinajstić information content (AvgIpc) is 3.34. The van der Waals surface area contributed by atoms with Crippen molar-refractivity contribution in [2.75, 3.05) is 11.6 Å². The minimum atomic E-state index is -0.363. The van der Waals surface area contributed by atoms with Crippen LogP contribution in [0, 0.1) is 19.3 Å². The Balaban J connectivity index is 1.49. The summed E-state index contributed by atoms with van der Waals surface area (Å²) in [6, 6.07) is 14.5. The molecule has 4 heteroatoms. The normalized spacial score (nSPS) is 17.6. The van der Waals surface area contributed by atoms with Crippen LogP contribution >= 0.6 is 0 Å². The van der Waals surface area contributed by atoms with Gasteiger partial charge in [-0.1, -0.05) is 31.0 Å². The number of rotatable bonds is 7. The molecule has 1 amide bonds. The number of ether oxygens (including phenoxy) is 1. The lowest BCUT2D eigenvalue weighted by molar-refractivity contribution is -0.123. The second-order valence-electron chi connectivity index (χ2n) is 8.65. The first-order valence-electron chi connectivity index (χ1n) is 11.2. The fourth-order valence-electron chi connectivity index (χ4n) is 4.77. The summed E-state index contributed by atoms with van der Waals surface area (Å²) >= 11 is 0. The van der Waals surface area contributed by atoms with Crippen LogP contribution in [0.2, 0.25) is 0 Å². The van der Waals surface area contributed by atoms with Crippen molar-refractivity contribution in [3.8, 4) is 5.75 Å². The molecule has 158 valence electrons. The summed E-state index contributed by atoms with van der Waals surface area (Å²) < 4.78 is 5.53. The molecule has 1 aliphatic heterocycles. The zero-order valence-electron chi connectivity index (χ0n) is 18.4. The van der Waals surface area contributed by atoms with Crippen molar-refractivity contribution in [1.29, 1.82) is 0 Å². The SMILES string of the molecule is CCOc1ccc(CCCC2=NN(c3ccc(C)c(C)c3)C(=O)C23CCCC3)cc1. The second kappa shape index (κ2) is 8.63. The van der Waals surface area contributed by atoms with Gasteiger partial charge in [0.25, 0.3) is 5.91 Å². The highest BCUT2D eigenvalue weighted by Crippen LogP contribution is 2.47. The van der Waals surface area contributed by atoms with Crippen molar-refractivity contribution in [2.45, 2.75) is 65.7 Å². The largest absolute Gasteiger partial charge is 0.494 e. The minimum Gasteiger partial charge on any atom is -0.494 e. The number of carbonyl (C=O) groups excluding carboxylic acids is 1. The fourth-order valence-corrected chi connectivity index (χ4v) is 4.77. The van der Waals surface area contributed by atoms with Gasteiger partial charge in [0.05, 0.1) is 23.4 Å². The molecule has 1 heterocycles. The van der Waals surface area contributed by atoms with E-state index in [-0.39, 0.29) is 11.3 Å². The number of amides is 1. The number of carbonyl (C=O) groups is 1. The number of hydrogen-bond donors (Lipinski definition) is 0. The third kappa shape index (κ3) is 3.88. The van der Waals surface area contributed by atoms with Crippen molar-refractivity contribution in [1.82, 2.24) is 0 Å². The van der Waals surface area contributed by atoms with Crippen molar-refractivity contribution >= 4 is 17.3 Å². The van der Waals surface area contributed by atoms with E-state index in [4.69, 9.17) is 9.84 Å². The van der Waals surface area contributed by atoms with Gasteiger partial charge in [-0.3, -0.25) is 4.79 Å². The van der Waals surface area contributed by atoms with Gasteiger partial charge in [0.1, 0.15) is 5.75 Å². The van der Waals surface area contributed by atoms with Crippen LogP contribution in [-0.2, 0) is 11.2 Å². The van der Waals surface area contributed by atoms with Crippen LogP contribution in [0.25, 0.3) is 0 Å². The lowest BCUT2D eigenvalue weighted by Gasteiger charge is -2.24. The first kappa shape index (κ1) is 20.6. The van der Waals surface area contributed by atoms with Gasteiger partial charge in [-0.05, 0) is 93.8 Å². The van der Waals surface area contributed by atoms with Crippen molar-refractivity contribution in [3.05, 3.63) is 59.2 Å². The Bertz CT molecular complexity index is 940. The molecule has 30 heavy (non-hydrogen) atoms. The lowest BCUT2D eigenvalue weighted by atomic mass is 9.78. The number of anilines is 1. The molecule has 0 bridgehead atoms. The molecule has 2 aromatic rings. The summed E-state index contributed by atoms with van der Waals surface area (Å²) in [4.78, 5) is 13.5. The Morgan fingerprint density at radius 2 is 1.73 bits per heavy atom. The van der Waals surface area contributed by atoms with Gasteiger partial charge in [0, 0.05) is 0 Å². The number of nitrogens with zero attached hydrogens (tertiary/aromatic N) is 2. The molecular formula is C26H32N2O2. The first-order valence-corrected chi connectivity index (χ1v) is 11.2. The molecule has 0 aromatic heterocycles. The Morgan fingerprint density at radius 3 is 2.40 bits per heavy atom. The van der Waals surface area contributed by atoms with Gasteiger partial charge in [-0.25, -0.2) is 0 Å². The molecule has 4 rings (SSSR count). The van der Waals surface area contributed by atoms with Gasteiger partial charge in [0.2, 0.25) is 0 Å². The molecule has 1 saturated carbocycles. The third-order valence-corrected chi connectivity index (χ3v) is 6.68. The van der Waals surface area contributed by atoms with Crippen molar-refractivity contribution in [2.24, 2.45) is 10.5 Å². The molecule has 1 spiro atoms. The highest BCUT2D eigenvalue weighted by Gasteiger charge is 2.52. The van der Waals surface area contributed by atoms with E-state index < -0.39 is 0 Å². The maximum atomic E-state index is 13.5. The van der Waals surface area contributed by atoms with Crippen LogP contribution in [0.15, 0.2) is 47.6 Å². The van der Waals surface area contributed by atoms with Crippen LogP contribution in [0.5, 0.6) is 5.75 Å². The van der Waals surface area contributed by atoms with Crippen LogP contribution in [-0.4, -0.2) is 18.2 Å². The zero-order chi connectivity index (χ0) is 21.1. The van der Waals surface area contributed by atoms with Crippen LogP contribution in [0.1, 0.15) is 62.1 Å². The van der Waals surface area contributed by atoms with Crippen LogP contribution in [0.3, 0.4) is 0 Å². The number of hydrogen-bond acceptors (Lipinski definition) is 3. The summed E-state index contributed by atoms with van der Waals surface area (Å²) in [5, 5.41) is 6.58. The van der Waals surface area contributed by atoms with Crippen LogP contribution in [0.4, 0.5) is 5.69 Å². The summed E-state index contributed by atoms with van der Waals surface area (Å²) in [6.45, 7) is 6.87. The molecule has 0 radical (unpaired) electrons. The van der Waals surface area contributed by atoms with E-state index in [0.717, 1.165) is 62.1 Å². The Labute approximate surface area is 179 Å². The summed E-state index contributed by atoms with van der Waals surface area (Å²) in [7, 11) is 0. The molecule has 1 aliphatic carbocycles. The standard InChI is InChI=1S/C26H32N2O2/c1-4-30-23-14-11-21(12-15-23)8-7-9-24-26(16-5-6-17-26)25(29)28(27-24)22-13-10-19(2)20(3)18-22/h10-15,18H,4-9,16-17H2,1-3H3. The Morgan fingerprint density at radius 1 is 1.00 bits per heavy atom. The maximum Gasteiger partial charge on any atom is 0.259 e. The predicted octanol–water partition coefficient (Wildman–Crippen LogP) is 5.99. The summed E-state index contributed by atoms with van der Waals surface area (Å²) in [6.07, 6.45) is 6.97. The number of benzene rings is 2. The second-order valence-corrected chi connectivity index (χ2v) is 8.65. The molecule has 0 unspecified atom stereocenters. The van der Waals surface area contributed by atoms with Crippen molar-refractivity contribution in [3.63, 3.8) is 0 Å². The molecule has 0 saturated heterocycles. The zero-order valence-corrected chi connectivity index (χ0v) is 18.4. The minimum absolute atomic E-state index is 0.180. The highest BCUT2D eigenvalue weighted by molar-refractivity contribution is 6.19. The van der Waals surface area contributed by atoms with E-state index in [1.807, 2.05) is 25.1 Å². The van der Waals surface area contributed by atoms with E-state index in [0.29, 0.717) is 6.61 Å². The highest BCUT2D eigenvalue weighted by atomic mass is 16.5. The monoisotopic (exact) mass is 404 g/mol. The number of hydrazone groups is 1. The van der Waals surface area contributed by atoms with Gasteiger partial charge < -0.3 is 4.74 Å². The summed E-state index contributed by atoms with van der Waals surface area (Å²) in [5.41, 5.74) is 5.36. The topological polar surface area (TPSA) is 41.9 Å². The van der Waals surface area contributed by atoms with Gasteiger partial charge >= 0.3 is 0 Å². The molecule has 0 atom stereocenters. The Kier molecular flexibility index (Phi) is 5.94. The molecular weight excluding hydrogens is 372 g/mol. The smallest absolute Gasteiger partial charge is 0.259 e. The summed E-state index contributed by atoms with van der Waals surface area (Å²) in [5.74, 6) is 1.10. The predicted molar refractivity (Wildman–Crippen MR) is 122 cm³/mol. The van der Waals surface area contributed by atoms with E-state index in [2.05, 4.69) is 38.1 Å². The van der Waals surface area contributed by atoms with Gasteiger partial charge in [-0.2, -0.15) is 10.1 Å². The molecule has 2 aromatic carbocycles.